The predicted octanol–water partition coefficient (Wildman–Crippen LogP) is 3.94. The lowest BCUT2D eigenvalue weighted by Crippen LogP contribution is -2.03. The lowest BCUT2D eigenvalue weighted by Gasteiger charge is -2.14. The molecule has 1 aromatic carbocycles. The fourth-order valence-electron chi connectivity index (χ4n) is 1.92. The summed E-state index contributed by atoms with van der Waals surface area (Å²) in [6, 6.07) is 10.4. The second-order valence-corrected chi connectivity index (χ2v) is 5.40. The van der Waals surface area contributed by atoms with E-state index in [1.54, 1.807) is 42.6 Å². The van der Waals surface area contributed by atoms with Crippen LogP contribution in [0.2, 0.25) is 10.2 Å². The van der Waals surface area contributed by atoms with Crippen molar-refractivity contribution in [2.24, 2.45) is 0 Å². The van der Waals surface area contributed by atoms with Gasteiger partial charge in [0.25, 0.3) is 0 Å². The van der Waals surface area contributed by atoms with E-state index in [0.29, 0.717) is 28.6 Å². The number of hydrogen-bond acceptors (Lipinski definition) is 3. The minimum Gasteiger partial charge on any atom is -0.388 e. The quantitative estimate of drug-likeness (QED) is 0.822. The van der Waals surface area contributed by atoms with Gasteiger partial charge in [0.1, 0.15) is 5.15 Å². The van der Waals surface area contributed by atoms with E-state index in [0.717, 1.165) is 5.56 Å². The third-order valence-electron chi connectivity index (χ3n) is 3.10. The Morgan fingerprint density at radius 2 is 1.40 bits per heavy atom. The SMILES string of the molecule is OC(CCC(O)c1ccc(Cl)nc1)c1ccc(Cl)cc1. The van der Waals surface area contributed by atoms with E-state index < -0.39 is 12.2 Å². The molecular weight excluding hydrogens is 297 g/mol. The van der Waals surface area contributed by atoms with Crippen molar-refractivity contribution in [2.45, 2.75) is 25.0 Å². The molecule has 3 nitrogen and oxygen atoms in total. The van der Waals surface area contributed by atoms with Gasteiger partial charge in [-0.05, 0) is 42.2 Å². The highest BCUT2D eigenvalue weighted by Gasteiger charge is 2.13. The van der Waals surface area contributed by atoms with Gasteiger partial charge < -0.3 is 10.2 Å². The molecule has 1 aromatic heterocycles. The second-order valence-electron chi connectivity index (χ2n) is 4.57. The first-order chi connectivity index (χ1) is 9.56. The molecule has 2 atom stereocenters. The summed E-state index contributed by atoms with van der Waals surface area (Å²) < 4.78 is 0. The molecule has 2 N–H and O–H groups in total. The molecular formula is C15H15Cl2NO2. The molecule has 0 aliphatic heterocycles. The topological polar surface area (TPSA) is 53.4 Å². The standard InChI is InChI=1S/C15H15Cl2NO2/c16-12-4-1-10(2-5-12)13(19)6-7-14(20)11-3-8-15(17)18-9-11/h1-5,8-9,13-14,19-20H,6-7H2. The fourth-order valence-corrected chi connectivity index (χ4v) is 2.16. The van der Waals surface area contributed by atoms with Gasteiger partial charge in [0.15, 0.2) is 0 Å². The molecule has 2 rings (SSSR count). The summed E-state index contributed by atoms with van der Waals surface area (Å²) in [6.45, 7) is 0. The van der Waals surface area contributed by atoms with Crippen LogP contribution < -0.4 is 0 Å². The number of aromatic nitrogens is 1. The zero-order valence-electron chi connectivity index (χ0n) is 10.7. The molecule has 0 aliphatic rings. The van der Waals surface area contributed by atoms with Crippen LogP contribution in [0.3, 0.4) is 0 Å². The number of benzene rings is 1. The van der Waals surface area contributed by atoms with Crippen molar-refractivity contribution < 1.29 is 10.2 Å². The van der Waals surface area contributed by atoms with E-state index in [2.05, 4.69) is 4.98 Å². The highest BCUT2D eigenvalue weighted by Crippen LogP contribution is 2.25. The number of halogens is 2. The summed E-state index contributed by atoms with van der Waals surface area (Å²) >= 11 is 11.5. The summed E-state index contributed by atoms with van der Waals surface area (Å²) in [4.78, 5) is 3.92. The van der Waals surface area contributed by atoms with E-state index in [1.165, 1.54) is 0 Å². The normalized spacial score (nSPS) is 14.0. The van der Waals surface area contributed by atoms with Crippen LogP contribution in [-0.2, 0) is 0 Å². The third-order valence-corrected chi connectivity index (χ3v) is 3.58. The molecule has 1 heterocycles. The molecule has 0 saturated heterocycles. The van der Waals surface area contributed by atoms with Gasteiger partial charge >= 0.3 is 0 Å². The fraction of sp³-hybridized carbons (Fsp3) is 0.267. The Morgan fingerprint density at radius 3 is 1.95 bits per heavy atom. The van der Waals surface area contributed by atoms with E-state index in [-0.39, 0.29) is 0 Å². The molecule has 20 heavy (non-hydrogen) atoms. The van der Waals surface area contributed by atoms with Gasteiger partial charge in [-0.3, -0.25) is 0 Å². The summed E-state index contributed by atoms with van der Waals surface area (Å²) in [6.07, 6.45) is 1.14. The molecule has 0 spiro atoms. The van der Waals surface area contributed by atoms with E-state index in [1.807, 2.05) is 0 Å². The predicted molar refractivity (Wildman–Crippen MR) is 79.9 cm³/mol. The highest BCUT2D eigenvalue weighted by molar-refractivity contribution is 6.30. The zero-order chi connectivity index (χ0) is 14.5. The summed E-state index contributed by atoms with van der Waals surface area (Å²) in [5, 5.41) is 21.1. The van der Waals surface area contributed by atoms with Crippen molar-refractivity contribution in [2.75, 3.05) is 0 Å². The maximum atomic E-state index is 10.1. The number of hydrogen-bond donors (Lipinski definition) is 2. The molecule has 106 valence electrons. The molecule has 5 heteroatoms. The van der Waals surface area contributed by atoms with Gasteiger partial charge in [0.05, 0.1) is 12.2 Å². The van der Waals surface area contributed by atoms with Crippen molar-refractivity contribution in [1.29, 1.82) is 0 Å². The Kier molecular flexibility index (Phi) is 5.38. The Morgan fingerprint density at radius 1 is 0.850 bits per heavy atom. The Bertz CT molecular complexity index is 491. The molecule has 0 fully saturated rings. The maximum Gasteiger partial charge on any atom is 0.129 e. The van der Waals surface area contributed by atoms with Crippen LogP contribution in [0.4, 0.5) is 0 Å². The monoisotopic (exact) mass is 311 g/mol. The highest BCUT2D eigenvalue weighted by atomic mass is 35.5. The average molecular weight is 312 g/mol. The van der Waals surface area contributed by atoms with Crippen LogP contribution in [0.15, 0.2) is 42.6 Å². The lowest BCUT2D eigenvalue weighted by atomic mass is 10.0. The van der Waals surface area contributed by atoms with E-state index >= 15 is 0 Å². The van der Waals surface area contributed by atoms with E-state index in [4.69, 9.17) is 23.2 Å². The van der Waals surface area contributed by atoms with E-state index in [9.17, 15) is 10.2 Å². The van der Waals surface area contributed by atoms with Gasteiger partial charge in [0.2, 0.25) is 0 Å². The first-order valence-corrected chi connectivity index (χ1v) is 7.05. The molecule has 2 aromatic rings. The maximum absolute atomic E-state index is 10.1. The van der Waals surface area contributed by atoms with Gasteiger partial charge in [-0.1, -0.05) is 41.4 Å². The van der Waals surface area contributed by atoms with Gasteiger partial charge in [-0.15, -0.1) is 0 Å². The molecule has 0 aliphatic carbocycles. The summed E-state index contributed by atoms with van der Waals surface area (Å²) in [7, 11) is 0. The third kappa shape index (κ3) is 4.18. The Balaban J connectivity index is 1.91. The number of rotatable bonds is 5. The minimum atomic E-state index is -0.665. The molecule has 0 saturated carbocycles. The van der Waals surface area contributed by atoms with Crippen LogP contribution in [0.25, 0.3) is 0 Å². The van der Waals surface area contributed by atoms with Crippen LogP contribution in [0.5, 0.6) is 0 Å². The first-order valence-electron chi connectivity index (χ1n) is 6.29. The van der Waals surface area contributed by atoms with Gasteiger partial charge in [-0.25, -0.2) is 4.98 Å². The van der Waals surface area contributed by atoms with Crippen molar-refractivity contribution in [1.82, 2.24) is 4.98 Å². The largest absolute Gasteiger partial charge is 0.388 e. The first kappa shape index (κ1) is 15.3. The number of aliphatic hydroxyl groups is 2. The van der Waals surface area contributed by atoms with Crippen LogP contribution >= 0.6 is 23.2 Å². The molecule has 0 radical (unpaired) electrons. The molecule has 2 unspecified atom stereocenters. The zero-order valence-corrected chi connectivity index (χ0v) is 12.2. The van der Waals surface area contributed by atoms with Crippen molar-refractivity contribution in [3.05, 3.63) is 63.9 Å². The molecule has 0 bridgehead atoms. The summed E-state index contributed by atoms with van der Waals surface area (Å²) in [5.41, 5.74) is 1.48. The minimum absolute atomic E-state index is 0.391. The van der Waals surface area contributed by atoms with Gasteiger partial charge in [-0.2, -0.15) is 0 Å². The van der Waals surface area contributed by atoms with Gasteiger partial charge in [0, 0.05) is 11.2 Å². The van der Waals surface area contributed by atoms with Crippen molar-refractivity contribution in [3.63, 3.8) is 0 Å². The lowest BCUT2D eigenvalue weighted by molar-refractivity contribution is 0.114. The van der Waals surface area contributed by atoms with Crippen LogP contribution in [0, 0.1) is 0 Å². The second kappa shape index (κ2) is 7.04. The van der Waals surface area contributed by atoms with Crippen molar-refractivity contribution >= 4 is 23.2 Å². The number of nitrogens with zero attached hydrogens (tertiary/aromatic N) is 1. The smallest absolute Gasteiger partial charge is 0.129 e. The number of pyridine rings is 1. The summed E-state index contributed by atoms with van der Waals surface area (Å²) in [5.74, 6) is 0. The number of aliphatic hydroxyl groups excluding tert-OH is 2. The van der Waals surface area contributed by atoms with Crippen LogP contribution in [-0.4, -0.2) is 15.2 Å². The Labute approximate surface area is 127 Å². The average Bonchev–Trinajstić information content (AvgIpc) is 2.46. The van der Waals surface area contributed by atoms with Crippen LogP contribution in [0.1, 0.15) is 36.2 Å². The Hall–Kier alpha value is -1.13. The van der Waals surface area contributed by atoms with Crippen molar-refractivity contribution in [3.8, 4) is 0 Å². The molecule has 0 amide bonds.